The van der Waals surface area contributed by atoms with Gasteiger partial charge in [-0.15, -0.1) is 0 Å². The summed E-state index contributed by atoms with van der Waals surface area (Å²) in [5.74, 6) is -1.17. The highest BCUT2D eigenvalue weighted by Crippen LogP contribution is 2.22. The molecule has 9 heteroatoms. The zero-order chi connectivity index (χ0) is 20.8. The number of carbonyl (C=O) groups excluding carboxylic acids is 3. The maximum atomic E-state index is 12.4. The van der Waals surface area contributed by atoms with Gasteiger partial charge in [0.2, 0.25) is 0 Å². The first-order chi connectivity index (χ1) is 14.0. The summed E-state index contributed by atoms with van der Waals surface area (Å²) in [6, 6.07) is 13.9. The smallest absolute Gasteiger partial charge is 0.291 e. The predicted octanol–water partition coefficient (Wildman–Crippen LogP) is 3.27. The molecule has 0 saturated heterocycles. The first-order valence-electron chi connectivity index (χ1n) is 8.37. The maximum absolute atomic E-state index is 12.4. The Morgan fingerprint density at radius 2 is 1.72 bits per heavy atom. The normalized spacial score (nSPS) is 10.1. The lowest BCUT2D eigenvalue weighted by molar-refractivity contribution is 0.0845. The van der Waals surface area contributed by atoms with Gasteiger partial charge < -0.3 is 14.5 Å². The van der Waals surface area contributed by atoms with Crippen LogP contribution in [0.1, 0.15) is 31.3 Å². The van der Waals surface area contributed by atoms with E-state index in [1.54, 1.807) is 30.3 Å². The summed E-state index contributed by atoms with van der Waals surface area (Å²) in [6.07, 6.45) is 1.39. The Hall–Kier alpha value is -3.78. The number of nitrogens with one attached hydrogen (secondary N) is 3. The van der Waals surface area contributed by atoms with Gasteiger partial charge in [0.15, 0.2) is 5.76 Å². The van der Waals surface area contributed by atoms with E-state index in [1.165, 1.54) is 37.6 Å². The molecule has 3 N–H and O–H groups in total. The molecule has 1 heterocycles. The quantitative estimate of drug-likeness (QED) is 0.556. The lowest BCUT2D eigenvalue weighted by atomic mass is 10.2. The van der Waals surface area contributed by atoms with Crippen molar-refractivity contribution in [1.29, 1.82) is 0 Å². The van der Waals surface area contributed by atoms with Crippen molar-refractivity contribution in [2.24, 2.45) is 0 Å². The van der Waals surface area contributed by atoms with Crippen molar-refractivity contribution < 1.29 is 23.5 Å². The van der Waals surface area contributed by atoms with Crippen LogP contribution in [0.2, 0.25) is 5.02 Å². The Morgan fingerprint density at radius 1 is 0.931 bits per heavy atom. The fourth-order valence-corrected chi connectivity index (χ4v) is 2.62. The molecular formula is C20H16ClN3O5. The van der Waals surface area contributed by atoms with E-state index in [-0.39, 0.29) is 16.9 Å². The van der Waals surface area contributed by atoms with Crippen LogP contribution in [0.25, 0.3) is 0 Å². The van der Waals surface area contributed by atoms with Crippen LogP contribution in [0.3, 0.4) is 0 Å². The fraction of sp³-hybridized carbons (Fsp3) is 0.0500. The molecule has 0 fully saturated rings. The Balaban J connectivity index is 1.64. The van der Waals surface area contributed by atoms with Crippen molar-refractivity contribution in [2.45, 2.75) is 0 Å². The number of hydrogen-bond donors (Lipinski definition) is 3. The van der Waals surface area contributed by atoms with E-state index in [4.69, 9.17) is 20.8 Å². The van der Waals surface area contributed by atoms with Crippen molar-refractivity contribution in [3.05, 3.63) is 82.8 Å². The molecule has 0 unspecified atom stereocenters. The Labute approximate surface area is 170 Å². The lowest BCUT2D eigenvalue weighted by Gasteiger charge is -2.11. The van der Waals surface area contributed by atoms with Gasteiger partial charge >= 0.3 is 0 Å². The fourth-order valence-electron chi connectivity index (χ4n) is 2.45. The molecule has 0 aliphatic heterocycles. The van der Waals surface area contributed by atoms with E-state index < -0.39 is 17.7 Å². The lowest BCUT2D eigenvalue weighted by Crippen LogP contribution is -2.41. The molecule has 29 heavy (non-hydrogen) atoms. The Kier molecular flexibility index (Phi) is 6.16. The summed E-state index contributed by atoms with van der Waals surface area (Å²) in [4.78, 5) is 36.7. The number of furan rings is 1. The van der Waals surface area contributed by atoms with Gasteiger partial charge in [0.05, 0.1) is 18.9 Å². The van der Waals surface area contributed by atoms with Gasteiger partial charge in [-0.1, -0.05) is 17.7 Å². The first kappa shape index (κ1) is 20.0. The highest BCUT2D eigenvalue weighted by atomic mass is 35.5. The van der Waals surface area contributed by atoms with Crippen LogP contribution in [-0.4, -0.2) is 24.8 Å². The highest BCUT2D eigenvalue weighted by Gasteiger charge is 2.15. The molecule has 3 rings (SSSR count). The molecule has 3 amide bonds. The summed E-state index contributed by atoms with van der Waals surface area (Å²) < 4.78 is 10.1. The molecule has 0 saturated carbocycles. The summed E-state index contributed by atoms with van der Waals surface area (Å²) in [7, 11) is 1.42. The van der Waals surface area contributed by atoms with Crippen LogP contribution in [0.5, 0.6) is 5.75 Å². The number of anilines is 1. The molecule has 148 valence electrons. The number of hydrazine groups is 1. The number of hydrogen-bond acceptors (Lipinski definition) is 5. The van der Waals surface area contributed by atoms with Gasteiger partial charge in [-0.2, -0.15) is 0 Å². The van der Waals surface area contributed by atoms with Crippen LogP contribution in [-0.2, 0) is 0 Å². The number of benzene rings is 2. The van der Waals surface area contributed by atoms with E-state index in [0.717, 1.165) is 0 Å². The van der Waals surface area contributed by atoms with Crippen LogP contribution in [0.15, 0.2) is 65.3 Å². The molecule has 1 aromatic heterocycles. The summed E-state index contributed by atoms with van der Waals surface area (Å²) in [5, 5.41) is 2.97. The monoisotopic (exact) mass is 413 g/mol. The third kappa shape index (κ3) is 4.94. The Morgan fingerprint density at radius 3 is 2.45 bits per heavy atom. The standard InChI is InChI=1S/C20H16ClN3O5/c1-28-16-8-7-13(21)11-15(16)19(26)24-23-18(25)12-4-2-5-14(10-12)22-20(27)17-6-3-9-29-17/h2-11H,1H3,(H,22,27)(H,23,25)(H,24,26). The number of halogens is 1. The molecule has 0 bridgehead atoms. The minimum atomic E-state index is -0.597. The van der Waals surface area contributed by atoms with Crippen molar-refractivity contribution in [1.82, 2.24) is 10.9 Å². The number of rotatable bonds is 5. The Bertz CT molecular complexity index is 1050. The highest BCUT2D eigenvalue weighted by molar-refractivity contribution is 6.31. The largest absolute Gasteiger partial charge is 0.496 e. The molecule has 3 aromatic rings. The SMILES string of the molecule is COc1ccc(Cl)cc1C(=O)NNC(=O)c1cccc(NC(=O)c2ccco2)c1. The van der Waals surface area contributed by atoms with E-state index in [0.29, 0.717) is 16.5 Å². The van der Waals surface area contributed by atoms with Crippen LogP contribution in [0, 0.1) is 0 Å². The van der Waals surface area contributed by atoms with Crippen molar-refractivity contribution in [3.8, 4) is 5.75 Å². The number of methoxy groups -OCH3 is 1. The summed E-state index contributed by atoms with van der Waals surface area (Å²) >= 11 is 5.91. The first-order valence-corrected chi connectivity index (χ1v) is 8.75. The predicted molar refractivity (Wildman–Crippen MR) is 106 cm³/mol. The van der Waals surface area contributed by atoms with E-state index >= 15 is 0 Å². The van der Waals surface area contributed by atoms with Crippen molar-refractivity contribution >= 4 is 35.0 Å². The molecular weight excluding hydrogens is 398 g/mol. The molecule has 0 radical (unpaired) electrons. The number of ether oxygens (including phenoxy) is 1. The van der Waals surface area contributed by atoms with Gasteiger partial charge in [-0.25, -0.2) is 0 Å². The van der Waals surface area contributed by atoms with Crippen molar-refractivity contribution in [2.75, 3.05) is 12.4 Å². The second kappa shape index (κ2) is 8.94. The van der Waals surface area contributed by atoms with E-state index in [2.05, 4.69) is 16.2 Å². The minimum Gasteiger partial charge on any atom is -0.496 e. The zero-order valence-electron chi connectivity index (χ0n) is 15.2. The van der Waals surface area contributed by atoms with Gasteiger partial charge in [-0.05, 0) is 48.5 Å². The van der Waals surface area contributed by atoms with E-state index in [1.807, 2.05) is 0 Å². The molecule has 2 aromatic carbocycles. The average molecular weight is 414 g/mol. The van der Waals surface area contributed by atoms with E-state index in [9.17, 15) is 14.4 Å². The third-order valence-electron chi connectivity index (χ3n) is 3.82. The topological polar surface area (TPSA) is 110 Å². The van der Waals surface area contributed by atoms with Crippen LogP contribution < -0.4 is 20.9 Å². The van der Waals surface area contributed by atoms with Crippen molar-refractivity contribution in [3.63, 3.8) is 0 Å². The molecule has 0 atom stereocenters. The minimum absolute atomic E-state index is 0.141. The number of carbonyl (C=O) groups is 3. The van der Waals surface area contributed by atoms with Crippen LogP contribution >= 0.6 is 11.6 Å². The molecule has 0 aliphatic carbocycles. The second-order valence-corrected chi connectivity index (χ2v) is 6.20. The van der Waals surface area contributed by atoms with Gasteiger partial charge in [0.1, 0.15) is 5.75 Å². The average Bonchev–Trinajstić information content (AvgIpc) is 3.27. The second-order valence-electron chi connectivity index (χ2n) is 5.77. The summed E-state index contributed by atoms with van der Waals surface area (Å²) in [6.45, 7) is 0. The number of amides is 3. The molecule has 8 nitrogen and oxygen atoms in total. The molecule has 0 aliphatic rings. The third-order valence-corrected chi connectivity index (χ3v) is 4.06. The zero-order valence-corrected chi connectivity index (χ0v) is 15.9. The van der Waals surface area contributed by atoms with Gasteiger partial charge in [-0.3, -0.25) is 25.2 Å². The van der Waals surface area contributed by atoms with Crippen LogP contribution in [0.4, 0.5) is 5.69 Å². The molecule has 0 spiro atoms. The van der Waals surface area contributed by atoms with Gasteiger partial charge in [0.25, 0.3) is 17.7 Å². The van der Waals surface area contributed by atoms with Gasteiger partial charge in [0, 0.05) is 16.3 Å². The maximum Gasteiger partial charge on any atom is 0.291 e. The summed E-state index contributed by atoms with van der Waals surface area (Å²) in [5.41, 5.74) is 5.39.